The van der Waals surface area contributed by atoms with Gasteiger partial charge in [-0.25, -0.2) is 4.99 Å². The van der Waals surface area contributed by atoms with Gasteiger partial charge in [0.15, 0.2) is 5.82 Å². The molecule has 146 valence electrons. The zero-order valence-corrected chi connectivity index (χ0v) is 17.5. The number of hydrogen-bond donors (Lipinski definition) is 2. The molecule has 2 aliphatic heterocycles. The minimum absolute atomic E-state index is 0.375. The number of nitrogens with one attached hydrogen (secondary N) is 1. The highest BCUT2D eigenvalue weighted by atomic mass is 32.2. The number of aromatic nitrogens is 2. The van der Waals surface area contributed by atoms with Crippen LogP contribution in [0.2, 0.25) is 0 Å². The van der Waals surface area contributed by atoms with Crippen molar-refractivity contribution in [1.82, 2.24) is 15.5 Å². The zero-order chi connectivity index (χ0) is 19.7. The van der Waals surface area contributed by atoms with Gasteiger partial charge < -0.3 is 15.6 Å². The van der Waals surface area contributed by atoms with E-state index in [9.17, 15) is 5.26 Å². The van der Waals surface area contributed by atoms with Crippen molar-refractivity contribution in [3.63, 3.8) is 0 Å². The van der Waals surface area contributed by atoms with Crippen LogP contribution < -0.4 is 11.1 Å². The monoisotopic (exact) mass is 414 g/mol. The third-order valence-corrected chi connectivity index (χ3v) is 7.23. The van der Waals surface area contributed by atoms with Crippen LogP contribution in [0.1, 0.15) is 50.7 Å². The molecule has 0 saturated heterocycles. The van der Waals surface area contributed by atoms with Crippen molar-refractivity contribution in [2.75, 3.05) is 0 Å². The van der Waals surface area contributed by atoms with Gasteiger partial charge in [-0.05, 0) is 32.1 Å². The Morgan fingerprint density at radius 1 is 1.36 bits per heavy atom. The van der Waals surface area contributed by atoms with Gasteiger partial charge in [0.05, 0.1) is 22.4 Å². The summed E-state index contributed by atoms with van der Waals surface area (Å²) in [6.07, 6.45) is 5.16. The highest BCUT2D eigenvalue weighted by Crippen LogP contribution is 2.54. The van der Waals surface area contributed by atoms with Gasteiger partial charge >= 0.3 is 0 Å². The minimum Gasteiger partial charge on any atom is -0.383 e. The number of thioether (sulfide) groups is 2. The molecule has 0 aromatic carbocycles. The third-order valence-electron chi connectivity index (χ3n) is 5.26. The minimum atomic E-state index is -0.375. The number of amidine groups is 1. The molecule has 1 aliphatic carbocycles. The summed E-state index contributed by atoms with van der Waals surface area (Å²) in [5.74, 6) is 2.09. The van der Waals surface area contributed by atoms with Crippen LogP contribution in [0.25, 0.3) is 0 Å². The number of allylic oxidation sites excluding steroid dienone is 2. The van der Waals surface area contributed by atoms with Crippen LogP contribution in [0, 0.1) is 23.7 Å². The summed E-state index contributed by atoms with van der Waals surface area (Å²) in [7, 11) is 0. The Hall–Kier alpha value is -2.18. The molecule has 7 nitrogen and oxygen atoms in total. The van der Waals surface area contributed by atoms with Gasteiger partial charge in [0.2, 0.25) is 5.89 Å². The summed E-state index contributed by atoms with van der Waals surface area (Å²) in [6, 6.07) is 2.48. The van der Waals surface area contributed by atoms with E-state index in [0.29, 0.717) is 28.3 Å². The van der Waals surface area contributed by atoms with E-state index in [4.69, 9.17) is 10.3 Å². The Morgan fingerprint density at radius 2 is 2.14 bits per heavy atom. The summed E-state index contributed by atoms with van der Waals surface area (Å²) < 4.78 is 5.21. The molecule has 0 bridgehead atoms. The Kier molecular flexibility index (Phi) is 5.25. The normalized spacial score (nSPS) is 24.0. The van der Waals surface area contributed by atoms with E-state index in [1.807, 2.05) is 6.92 Å². The molecule has 28 heavy (non-hydrogen) atoms. The first-order valence-electron chi connectivity index (χ1n) is 9.30. The van der Waals surface area contributed by atoms with Gasteiger partial charge in [-0.15, -0.1) is 0 Å². The second-order valence-corrected chi connectivity index (χ2v) is 9.05. The van der Waals surface area contributed by atoms with Crippen molar-refractivity contribution in [2.24, 2.45) is 16.1 Å². The second kappa shape index (κ2) is 7.68. The molecule has 1 aromatic heterocycles. The Balaban J connectivity index is 1.75. The predicted octanol–water partition coefficient (Wildman–Crippen LogP) is 4.08. The molecule has 3 aliphatic rings. The molecular weight excluding hydrogens is 392 g/mol. The van der Waals surface area contributed by atoms with Crippen LogP contribution in [0.5, 0.6) is 0 Å². The first-order valence-corrected chi connectivity index (χ1v) is 11.2. The fraction of sp³-hybridized carbons (Fsp3) is 0.474. The van der Waals surface area contributed by atoms with E-state index in [-0.39, 0.29) is 5.41 Å². The standard InChI is InChI=1S/C19H22N6OS2/c1-11-9-27-18(22-11)15-16(21)24-17(28-10-14-23-12(2)25-26-14)13(8-20)19(15)6-4-3-5-7-19/h9,22H,3-7,10H2,1-2H3,(H2,21,24)/b18-15+. The lowest BCUT2D eigenvalue weighted by atomic mass is 9.64. The molecule has 1 fully saturated rings. The van der Waals surface area contributed by atoms with Gasteiger partial charge in [0.1, 0.15) is 10.9 Å². The second-order valence-electron chi connectivity index (χ2n) is 7.20. The van der Waals surface area contributed by atoms with E-state index in [1.165, 1.54) is 18.2 Å². The van der Waals surface area contributed by atoms with Crippen molar-refractivity contribution in [2.45, 2.75) is 51.7 Å². The van der Waals surface area contributed by atoms with Gasteiger partial charge in [-0.2, -0.15) is 10.2 Å². The van der Waals surface area contributed by atoms with Crippen molar-refractivity contribution in [3.05, 3.63) is 44.0 Å². The molecule has 0 unspecified atom stereocenters. The summed E-state index contributed by atoms with van der Waals surface area (Å²) >= 11 is 3.07. The first kappa shape index (κ1) is 19.2. The van der Waals surface area contributed by atoms with Gasteiger partial charge in [-0.3, -0.25) is 0 Å². The SMILES string of the molecule is CC1=CS/C(=C2\C(N)=NC(SCc3nc(C)no3)=C(C#N)C23CCCCC3)N1. The van der Waals surface area contributed by atoms with Crippen molar-refractivity contribution in [1.29, 1.82) is 5.26 Å². The maximum Gasteiger partial charge on any atom is 0.237 e. The molecule has 3 heterocycles. The van der Waals surface area contributed by atoms with Crippen LogP contribution in [-0.4, -0.2) is 16.0 Å². The topological polar surface area (TPSA) is 113 Å². The summed E-state index contributed by atoms with van der Waals surface area (Å²) in [4.78, 5) is 8.89. The maximum absolute atomic E-state index is 10.1. The van der Waals surface area contributed by atoms with E-state index in [2.05, 4.69) is 31.9 Å². The van der Waals surface area contributed by atoms with Crippen LogP contribution in [0.3, 0.4) is 0 Å². The Bertz CT molecular complexity index is 959. The number of nitriles is 1. The summed E-state index contributed by atoms with van der Waals surface area (Å²) in [6.45, 7) is 3.81. The third kappa shape index (κ3) is 3.35. The fourth-order valence-electron chi connectivity index (χ4n) is 4.08. The molecule has 4 rings (SSSR count). The number of hydrogen-bond acceptors (Lipinski definition) is 9. The molecule has 1 spiro atoms. The molecule has 3 N–H and O–H groups in total. The summed E-state index contributed by atoms with van der Waals surface area (Å²) in [5, 5.41) is 21.1. The van der Waals surface area contributed by atoms with E-state index >= 15 is 0 Å². The number of aryl methyl sites for hydroxylation is 1. The number of aliphatic imine (C=N–C) groups is 1. The summed E-state index contributed by atoms with van der Waals surface area (Å²) in [5.41, 5.74) is 8.91. The van der Waals surface area contributed by atoms with Gasteiger partial charge in [0.25, 0.3) is 0 Å². The highest BCUT2D eigenvalue weighted by molar-refractivity contribution is 8.06. The van der Waals surface area contributed by atoms with Crippen LogP contribution in [-0.2, 0) is 5.75 Å². The van der Waals surface area contributed by atoms with Crippen molar-refractivity contribution < 1.29 is 4.52 Å². The largest absolute Gasteiger partial charge is 0.383 e. The van der Waals surface area contributed by atoms with Crippen LogP contribution in [0.15, 0.2) is 41.8 Å². The lowest BCUT2D eigenvalue weighted by molar-refractivity contribution is 0.301. The molecule has 0 radical (unpaired) electrons. The number of rotatable bonds is 3. The highest BCUT2D eigenvalue weighted by Gasteiger charge is 2.47. The molecule has 0 amide bonds. The average Bonchev–Trinajstić information content (AvgIpc) is 3.29. The Morgan fingerprint density at radius 3 is 2.75 bits per heavy atom. The fourth-order valence-corrected chi connectivity index (χ4v) is 6.00. The maximum atomic E-state index is 10.1. The quantitative estimate of drug-likeness (QED) is 0.761. The van der Waals surface area contributed by atoms with Crippen molar-refractivity contribution >= 4 is 29.4 Å². The Labute approximate surface area is 172 Å². The number of nitrogens with zero attached hydrogens (tertiary/aromatic N) is 4. The first-order chi connectivity index (χ1) is 13.5. The van der Waals surface area contributed by atoms with Crippen molar-refractivity contribution in [3.8, 4) is 6.07 Å². The predicted molar refractivity (Wildman–Crippen MR) is 112 cm³/mol. The van der Waals surface area contributed by atoms with Crippen LogP contribution in [0.4, 0.5) is 0 Å². The van der Waals surface area contributed by atoms with E-state index < -0.39 is 0 Å². The van der Waals surface area contributed by atoms with Gasteiger partial charge in [-0.1, -0.05) is 47.9 Å². The number of nitrogens with two attached hydrogens (primary N) is 1. The molecule has 0 atom stereocenters. The molecule has 9 heteroatoms. The zero-order valence-electron chi connectivity index (χ0n) is 15.9. The molecule has 1 saturated carbocycles. The van der Waals surface area contributed by atoms with E-state index in [1.54, 1.807) is 18.7 Å². The van der Waals surface area contributed by atoms with Gasteiger partial charge in [0, 0.05) is 16.7 Å². The average molecular weight is 415 g/mol. The van der Waals surface area contributed by atoms with E-state index in [0.717, 1.165) is 47.6 Å². The van der Waals surface area contributed by atoms with Crippen LogP contribution >= 0.6 is 23.5 Å². The lowest BCUT2D eigenvalue weighted by Crippen LogP contribution is -2.40. The molecule has 1 aromatic rings. The lowest BCUT2D eigenvalue weighted by Gasteiger charge is -2.42. The smallest absolute Gasteiger partial charge is 0.237 e. The molecular formula is C19H22N6OS2.